The van der Waals surface area contributed by atoms with E-state index in [1.165, 1.54) is 6.92 Å². The van der Waals surface area contributed by atoms with Gasteiger partial charge in [0, 0.05) is 12.8 Å². The van der Waals surface area contributed by atoms with Crippen molar-refractivity contribution in [2.45, 2.75) is 6.92 Å². The molecule has 3 heteroatoms. The van der Waals surface area contributed by atoms with Gasteiger partial charge >= 0.3 is 5.97 Å². The Balaban J connectivity index is 2.14. The van der Waals surface area contributed by atoms with Crippen LogP contribution in [0.1, 0.15) is 6.92 Å². The van der Waals surface area contributed by atoms with Crippen LogP contribution in [0.25, 0.3) is 0 Å². The summed E-state index contributed by atoms with van der Waals surface area (Å²) in [7, 11) is 0. The van der Waals surface area contributed by atoms with Gasteiger partial charge in [0.15, 0.2) is 5.76 Å². The van der Waals surface area contributed by atoms with Crippen LogP contribution in [0.3, 0.4) is 0 Å². The molecule has 0 aromatic heterocycles. The number of allylic oxidation sites excluding steroid dienone is 4. The highest BCUT2D eigenvalue weighted by Crippen LogP contribution is 2.36. The van der Waals surface area contributed by atoms with Gasteiger partial charge in [0.25, 0.3) is 0 Å². The molecule has 2 aliphatic carbocycles. The van der Waals surface area contributed by atoms with Gasteiger partial charge in [-0.25, -0.2) is 0 Å². The summed E-state index contributed by atoms with van der Waals surface area (Å²) in [6.45, 7) is 1.29. The number of esters is 1. The molecule has 12 heavy (non-hydrogen) atoms. The smallest absolute Gasteiger partial charge is 0.308 e. The van der Waals surface area contributed by atoms with Gasteiger partial charge in [0.2, 0.25) is 5.78 Å². The van der Waals surface area contributed by atoms with Gasteiger partial charge in [0.05, 0.1) is 5.92 Å². The van der Waals surface area contributed by atoms with Gasteiger partial charge in [-0.3, -0.25) is 9.59 Å². The molecule has 62 valence electrons. The van der Waals surface area contributed by atoms with Crippen molar-refractivity contribution in [1.29, 1.82) is 0 Å². The zero-order valence-corrected chi connectivity index (χ0v) is 6.61. The largest absolute Gasteiger partial charge is 0.423 e. The fourth-order valence-electron chi connectivity index (χ4n) is 1.43. The normalized spacial score (nSPS) is 30.8. The lowest BCUT2D eigenvalue weighted by Gasteiger charge is -2.17. The van der Waals surface area contributed by atoms with Crippen LogP contribution < -0.4 is 0 Å². The van der Waals surface area contributed by atoms with Gasteiger partial charge in [-0.2, -0.15) is 0 Å². The van der Waals surface area contributed by atoms with Crippen molar-refractivity contribution in [3.05, 3.63) is 24.0 Å². The SMILES string of the molecule is CC(=O)OC1=CC2C=CC2C1=O. The van der Waals surface area contributed by atoms with Gasteiger partial charge < -0.3 is 4.74 Å². The molecule has 2 atom stereocenters. The second kappa shape index (κ2) is 2.30. The van der Waals surface area contributed by atoms with E-state index in [1.54, 1.807) is 6.08 Å². The van der Waals surface area contributed by atoms with Crippen molar-refractivity contribution >= 4 is 11.8 Å². The van der Waals surface area contributed by atoms with E-state index < -0.39 is 5.97 Å². The number of rotatable bonds is 1. The summed E-state index contributed by atoms with van der Waals surface area (Å²) in [5.41, 5.74) is 0. The predicted octanol–water partition coefficient (Wildman–Crippen LogP) is 0.818. The Labute approximate surface area is 69.7 Å². The van der Waals surface area contributed by atoms with Gasteiger partial charge in [-0.05, 0) is 6.08 Å². The van der Waals surface area contributed by atoms with Crippen LogP contribution in [-0.4, -0.2) is 11.8 Å². The number of carbonyl (C=O) groups excluding carboxylic acids is 2. The summed E-state index contributed by atoms with van der Waals surface area (Å²) in [4.78, 5) is 21.8. The molecule has 0 aliphatic heterocycles. The molecule has 0 saturated carbocycles. The molecule has 0 radical (unpaired) electrons. The summed E-state index contributed by atoms with van der Waals surface area (Å²) in [5, 5.41) is 0. The Morgan fingerprint density at radius 2 is 2.25 bits per heavy atom. The Morgan fingerprint density at radius 3 is 2.58 bits per heavy atom. The van der Waals surface area contributed by atoms with Crippen LogP contribution in [0.15, 0.2) is 24.0 Å². The van der Waals surface area contributed by atoms with Crippen molar-refractivity contribution < 1.29 is 14.3 Å². The van der Waals surface area contributed by atoms with E-state index in [9.17, 15) is 9.59 Å². The number of hydrogen-bond acceptors (Lipinski definition) is 3. The standard InChI is InChI=1S/C9H8O3/c1-5(10)12-8-4-6-2-3-7(6)9(8)11/h2-4,6-7H,1H3. The zero-order valence-electron chi connectivity index (χ0n) is 6.61. The van der Waals surface area contributed by atoms with E-state index >= 15 is 0 Å². The van der Waals surface area contributed by atoms with Crippen LogP contribution in [-0.2, 0) is 14.3 Å². The van der Waals surface area contributed by atoms with Crippen molar-refractivity contribution in [2.75, 3.05) is 0 Å². The minimum absolute atomic E-state index is 0.0562. The average Bonchev–Trinajstić information content (AvgIpc) is 2.10. The molecule has 2 unspecified atom stereocenters. The Kier molecular flexibility index (Phi) is 1.40. The molecule has 2 rings (SSSR count). The Hall–Kier alpha value is -1.38. The molecular formula is C9H8O3. The molecule has 0 aromatic rings. The third-order valence-electron chi connectivity index (χ3n) is 2.10. The van der Waals surface area contributed by atoms with Crippen LogP contribution in [0, 0.1) is 11.8 Å². The van der Waals surface area contributed by atoms with Crippen LogP contribution in [0.5, 0.6) is 0 Å². The Morgan fingerprint density at radius 1 is 1.50 bits per heavy atom. The summed E-state index contributed by atoms with van der Waals surface area (Å²) in [6.07, 6.45) is 5.47. The summed E-state index contributed by atoms with van der Waals surface area (Å²) in [5.74, 6) is -0.178. The lowest BCUT2D eigenvalue weighted by Crippen LogP contribution is -2.20. The second-order valence-corrected chi connectivity index (χ2v) is 2.98. The quantitative estimate of drug-likeness (QED) is 0.425. The van der Waals surface area contributed by atoms with Crippen molar-refractivity contribution in [3.63, 3.8) is 0 Å². The molecule has 0 fully saturated rings. The fraction of sp³-hybridized carbons (Fsp3) is 0.333. The minimum Gasteiger partial charge on any atom is -0.423 e. The van der Waals surface area contributed by atoms with Crippen LogP contribution >= 0.6 is 0 Å². The number of hydrogen-bond donors (Lipinski definition) is 0. The van der Waals surface area contributed by atoms with E-state index in [0.29, 0.717) is 0 Å². The molecule has 2 aliphatic rings. The number of carbonyl (C=O) groups is 2. The topological polar surface area (TPSA) is 43.4 Å². The first-order valence-corrected chi connectivity index (χ1v) is 3.81. The molecule has 0 bridgehead atoms. The molecule has 3 nitrogen and oxygen atoms in total. The van der Waals surface area contributed by atoms with Crippen molar-refractivity contribution in [3.8, 4) is 0 Å². The van der Waals surface area contributed by atoms with E-state index in [0.717, 1.165) is 0 Å². The maximum Gasteiger partial charge on any atom is 0.308 e. The number of fused-ring (bicyclic) bond motifs is 1. The van der Waals surface area contributed by atoms with E-state index in [4.69, 9.17) is 4.74 Å². The minimum atomic E-state index is -0.434. The first-order valence-electron chi connectivity index (χ1n) is 3.81. The zero-order chi connectivity index (χ0) is 8.72. The first-order chi connectivity index (χ1) is 5.68. The fourth-order valence-corrected chi connectivity index (χ4v) is 1.43. The molecular weight excluding hydrogens is 156 g/mol. The van der Waals surface area contributed by atoms with Crippen molar-refractivity contribution in [1.82, 2.24) is 0 Å². The molecule has 0 heterocycles. The highest BCUT2D eigenvalue weighted by Gasteiger charge is 2.39. The predicted molar refractivity (Wildman–Crippen MR) is 41.0 cm³/mol. The summed E-state index contributed by atoms with van der Waals surface area (Å²) >= 11 is 0. The molecule has 0 aromatic carbocycles. The Bertz CT molecular complexity index is 312. The molecule has 0 N–H and O–H groups in total. The number of ether oxygens (including phenoxy) is 1. The van der Waals surface area contributed by atoms with Crippen LogP contribution in [0.2, 0.25) is 0 Å². The number of Topliss-reactive ketones (excluding diaryl/α,β-unsaturated/α-hetero) is 1. The highest BCUT2D eigenvalue weighted by atomic mass is 16.5. The van der Waals surface area contributed by atoms with E-state index in [2.05, 4.69) is 0 Å². The van der Waals surface area contributed by atoms with Crippen LogP contribution in [0.4, 0.5) is 0 Å². The average molecular weight is 164 g/mol. The molecule has 0 spiro atoms. The highest BCUT2D eigenvalue weighted by molar-refractivity contribution is 6.02. The maximum atomic E-state index is 11.3. The first kappa shape index (κ1) is 7.28. The summed E-state index contributed by atoms with van der Waals surface area (Å²) < 4.78 is 4.74. The van der Waals surface area contributed by atoms with Gasteiger partial charge in [0.1, 0.15) is 0 Å². The van der Waals surface area contributed by atoms with E-state index in [-0.39, 0.29) is 23.4 Å². The van der Waals surface area contributed by atoms with Crippen molar-refractivity contribution in [2.24, 2.45) is 11.8 Å². The lowest BCUT2D eigenvalue weighted by atomic mass is 9.85. The van der Waals surface area contributed by atoms with Gasteiger partial charge in [-0.15, -0.1) is 0 Å². The lowest BCUT2D eigenvalue weighted by molar-refractivity contribution is -0.140. The third kappa shape index (κ3) is 0.897. The van der Waals surface area contributed by atoms with Gasteiger partial charge in [-0.1, -0.05) is 12.2 Å². The monoisotopic (exact) mass is 164 g/mol. The second-order valence-electron chi connectivity index (χ2n) is 2.98. The third-order valence-corrected chi connectivity index (χ3v) is 2.10. The number of ketones is 1. The molecule has 0 saturated heterocycles. The summed E-state index contributed by atoms with van der Waals surface area (Å²) in [6, 6.07) is 0. The molecule has 0 amide bonds. The van der Waals surface area contributed by atoms with E-state index in [1.807, 2.05) is 12.2 Å². The maximum absolute atomic E-state index is 11.3.